The fraction of sp³-hybridized carbons (Fsp3) is 0.538. The minimum Gasteiger partial charge on any atom is -0.315 e. The van der Waals surface area contributed by atoms with E-state index in [2.05, 4.69) is 5.32 Å². The molecule has 0 amide bonds. The number of hydrogen-bond donors (Lipinski definition) is 1. The third kappa shape index (κ3) is 2.91. The van der Waals surface area contributed by atoms with Crippen molar-refractivity contribution < 1.29 is 8.42 Å². The van der Waals surface area contributed by atoms with Crippen molar-refractivity contribution >= 4 is 10.0 Å². The van der Waals surface area contributed by atoms with Crippen LogP contribution in [0.1, 0.15) is 18.4 Å². The van der Waals surface area contributed by atoms with Gasteiger partial charge in [-0.2, -0.15) is 4.31 Å². The van der Waals surface area contributed by atoms with Crippen LogP contribution < -0.4 is 5.32 Å². The van der Waals surface area contributed by atoms with Gasteiger partial charge in [0, 0.05) is 19.6 Å². The van der Waals surface area contributed by atoms with Gasteiger partial charge in [0.1, 0.15) is 0 Å². The van der Waals surface area contributed by atoms with Crippen molar-refractivity contribution in [1.29, 1.82) is 0 Å². The Morgan fingerprint density at radius 1 is 1.11 bits per heavy atom. The Balaban J connectivity index is 2.26. The zero-order valence-corrected chi connectivity index (χ0v) is 11.5. The van der Waals surface area contributed by atoms with Gasteiger partial charge < -0.3 is 5.32 Å². The van der Waals surface area contributed by atoms with E-state index >= 15 is 0 Å². The average molecular weight is 268 g/mol. The van der Waals surface area contributed by atoms with Crippen LogP contribution in [0.25, 0.3) is 0 Å². The van der Waals surface area contributed by atoms with E-state index in [1.165, 1.54) is 0 Å². The van der Waals surface area contributed by atoms with E-state index in [0.29, 0.717) is 18.0 Å². The molecule has 100 valence electrons. The largest absolute Gasteiger partial charge is 0.315 e. The van der Waals surface area contributed by atoms with Crippen molar-refractivity contribution in [2.45, 2.75) is 24.7 Å². The molecule has 0 bridgehead atoms. The highest BCUT2D eigenvalue weighted by molar-refractivity contribution is 7.89. The number of aryl methyl sites for hydroxylation is 1. The van der Waals surface area contributed by atoms with E-state index in [1.807, 2.05) is 19.1 Å². The molecule has 0 radical (unpaired) electrons. The SMILES string of the molecule is Cc1ccccc1S(=O)(=O)N1CCCCNCC1. The highest BCUT2D eigenvalue weighted by atomic mass is 32.2. The summed E-state index contributed by atoms with van der Waals surface area (Å²) in [5.74, 6) is 0. The number of rotatable bonds is 2. The van der Waals surface area contributed by atoms with E-state index < -0.39 is 10.0 Å². The van der Waals surface area contributed by atoms with Gasteiger partial charge in [-0.25, -0.2) is 8.42 Å². The number of benzene rings is 1. The van der Waals surface area contributed by atoms with Crippen LogP contribution >= 0.6 is 0 Å². The summed E-state index contributed by atoms with van der Waals surface area (Å²) in [6.45, 7) is 4.73. The molecule has 0 saturated carbocycles. The minimum absolute atomic E-state index is 0.436. The molecular weight excluding hydrogens is 248 g/mol. The predicted molar refractivity (Wildman–Crippen MR) is 72.0 cm³/mol. The first kappa shape index (κ1) is 13.5. The molecule has 1 fully saturated rings. The maximum atomic E-state index is 12.6. The standard InChI is InChI=1S/C13H20N2O2S/c1-12-6-2-3-7-13(12)18(16,17)15-10-5-4-8-14-9-11-15/h2-3,6-7,14H,4-5,8-11H2,1H3. The molecule has 18 heavy (non-hydrogen) atoms. The molecule has 0 aromatic heterocycles. The molecule has 1 aromatic rings. The fourth-order valence-corrected chi connectivity index (χ4v) is 3.91. The summed E-state index contributed by atoms with van der Waals surface area (Å²) in [6, 6.07) is 7.18. The van der Waals surface area contributed by atoms with E-state index in [0.717, 1.165) is 31.5 Å². The van der Waals surface area contributed by atoms with Gasteiger partial charge in [-0.1, -0.05) is 18.2 Å². The van der Waals surface area contributed by atoms with Crippen LogP contribution in [0, 0.1) is 6.92 Å². The van der Waals surface area contributed by atoms with Crippen LogP contribution in [0.2, 0.25) is 0 Å². The lowest BCUT2D eigenvalue weighted by Gasteiger charge is -2.25. The van der Waals surface area contributed by atoms with Gasteiger partial charge in [-0.15, -0.1) is 0 Å². The van der Waals surface area contributed by atoms with Gasteiger partial charge in [-0.05, 0) is 37.9 Å². The number of sulfonamides is 1. The van der Waals surface area contributed by atoms with Gasteiger partial charge in [0.05, 0.1) is 4.90 Å². The summed E-state index contributed by atoms with van der Waals surface area (Å²) in [5, 5.41) is 3.25. The summed E-state index contributed by atoms with van der Waals surface area (Å²) in [6.07, 6.45) is 1.94. The Labute approximate surface area is 109 Å². The summed E-state index contributed by atoms with van der Waals surface area (Å²) in [4.78, 5) is 0.436. The Morgan fingerprint density at radius 2 is 1.89 bits per heavy atom. The molecule has 1 N–H and O–H groups in total. The fourth-order valence-electron chi connectivity index (χ4n) is 2.20. The Kier molecular flexibility index (Phi) is 4.37. The van der Waals surface area contributed by atoms with Crippen molar-refractivity contribution in [2.24, 2.45) is 0 Å². The molecule has 0 unspecified atom stereocenters. The normalized spacial score (nSPS) is 19.2. The molecule has 4 nitrogen and oxygen atoms in total. The first-order chi connectivity index (χ1) is 8.62. The Hall–Kier alpha value is -0.910. The molecule has 0 atom stereocenters. The third-order valence-electron chi connectivity index (χ3n) is 3.26. The summed E-state index contributed by atoms with van der Waals surface area (Å²) >= 11 is 0. The van der Waals surface area contributed by atoms with Gasteiger partial charge in [0.15, 0.2) is 0 Å². The second-order valence-corrected chi connectivity index (χ2v) is 6.53. The minimum atomic E-state index is -3.34. The quantitative estimate of drug-likeness (QED) is 0.881. The molecule has 5 heteroatoms. The van der Waals surface area contributed by atoms with Gasteiger partial charge in [-0.3, -0.25) is 0 Å². The average Bonchev–Trinajstić information content (AvgIpc) is 2.28. The van der Waals surface area contributed by atoms with Crippen LogP contribution in [0.3, 0.4) is 0 Å². The molecule has 1 aliphatic rings. The number of nitrogens with zero attached hydrogens (tertiary/aromatic N) is 1. The zero-order valence-electron chi connectivity index (χ0n) is 10.7. The highest BCUT2D eigenvalue weighted by Gasteiger charge is 2.25. The smallest absolute Gasteiger partial charge is 0.243 e. The van der Waals surface area contributed by atoms with Crippen molar-refractivity contribution in [2.75, 3.05) is 26.2 Å². The van der Waals surface area contributed by atoms with Crippen LogP contribution in [-0.2, 0) is 10.0 Å². The molecule has 1 aromatic carbocycles. The first-order valence-corrected chi connectivity index (χ1v) is 7.83. The van der Waals surface area contributed by atoms with Crippen molar-refractivity contribution in [3.63, 3.8) is 0 Å². The Bertz CT molecular complexity index is 491. The molecule has 1 heterocycles. The highest BCUT2D eigenvalue weighted by Crippen LogP contribution is 2.20. The molecule has 0 spiro atoms. The lowest BCUT2D eigenvalue weighted by molar-refractivity contribution is 0.372. The second kappa shape index (κ2) is 5.82. The van der Waals surface area contributed by atoms with Crippen molar-refractivity contribution in [3.8, 4) is 0 Å². The van der Waals surface area contributed by atoms with Crippen LogP contribution in [-0.4, -0.2) is 38.9 Å². The summed E-state index contributed by atoms with van der Waals surface area (Å²) in [5.41, 5.74) is 0.813. The van der Waals surface area contributed by atoms with Crippen LogP contribution in [0.5, 0.6) is 0 Å². The van der Waals surface area contributed by atoms with Gasteiger partial charge in [0.25, 0.3) is 0 Å². The summed E-state index contributed by atoms with van der Waals surface area (Å²) < 4.78 is 26.7. The van der Waals surface area contributed by atoms with Crippen LogP contribution in [0.15, 0.2) is 29.2 Å². The molecule has 1 aliphatic heterocycles. The first-order valence-electron chi connectivity index (χ1n) is 6.39. The van der Waals surface area contributed by atoms with E-state index in [1.54, 1.807) is 16.4 Å². The van der Waals surface area contributed by atoms with Crippen molar-refractivity contribution in [1.82, 2.24) is 9.62 Å². The molecular formula is C13H20N2O2S. The van der Waals surface area contributed by atoms with E-state index in [4.69, 9.17) is 0 Å². The summed E-state index contributed by atoms with van der Waals surface area (Å²) in [7, 11) is -3.34. The maximum Gasteiger partial charge on any atom is 0.243 e. The Morgan fingerprint density at radius 3 is 2.67 bits per heavy atom. The van der Waals surface area contributed by atoms with E-state index in [9.17, 15) is 8.42 Å². The molecule has 2 rings (SSSR count). The number of nitrogens with one attached hydrogen (secondary N) is 1. The van der Waals surface area contributed by atoms with Crippen molar-refractivity contribution in [3.05, 3.63) is 29.8 Å². The predicted octanol–water partition coefficient (Wildman–Crippen LogP) is 1.37. The topological polar surface area (TPSA) is 49.4 Å². The maximum absolute atomic E-state index is 12.6. The molecule has 0 aliphatic carbocycles. The van der Waals surface area contributed by atoms with Gasteiger partial charge >= 0.3 is 0 Å². The third-order valence-corrected chi connectivity index (χ3v) is 5.32. The van der Waals surface area contributed by atoms with Crippen LogP contribution in [0.4, 0.5) is 0 Å². The second-order valence-electron chi connectivity index (χ2n) is 4.63. The van der Waals surface area contributed by atoms with Gasteiger partial charge in [0.2, 0.25) is 10.0 Å². The van der Waals surface area contributed by atoms with E-state index in [-0.39, 0.29) is 0 Å². The lowest BCUT2D eigenvalue weighted by atomic mass is 10.2. The zero-order chi connectivity index (χ0) is 13.0. The molecule has 1 saturated heterocycles. The lowest BCUT2D eigenvalue weighted by Crippen LogP contribution is -2.40. The monoisotopic (exact) mass is 268 g/mol. The number of hydrogen-bond acceptors (Lipinski definition) is 3.